The van der Waals surface area contributed by atoms with Gasteiger partial charge in [0.1, 0.15) is 5.82 Å². The van der Waals surface area contributed by atoms with E-state index in [4.69, 9.17) is 19.9 Å². The number of carbonyl (C=O) groups excluding carboxylic acids is 1. The highest BCUT2D eigenvalue weighted by Gasteiger charge is 2.29. The van der Waals surface area contributed by atoms with Crippen LogP contribution in [0.25, 0.3) is 0 Å². The van der Waals surface area contributed by atoms with E-state index in [1.807, 2.05) is 4.90 Å². The van der Waals surface area contributed by atoms with Crippen LogP contribution in [0.15, 0.2) is 24.3 Å². The molecular weight excluding hydrogens is 366 g/mol. The lowest BCUT2D eigenvalue weighted by atomic mass is 10.0. The average molecular weight is 387 g/mol. The number of anilines is 2. The molecule has 2 atom stereocenters. The van der Waals surface area contributed by atoms with Crippen LogP contribution < -0.4 is 30.2 Å². The second kappa shape index (κ2) is 7.39. The normalized spacial score (nSPS) is 20.7. The van der Waals surface area contributed by atoms with Gasteiger partial charge in [-0.1, -0.05) is 0 Å². The Labute approximate surface area is 161 Å². The Morgan fingerprint density at radius 1 is 1.29 bits per heavy atom. The summed E-state index contributed by atoms with van der Waals surface area (Å²) in [5.74, 6) is 1.86. The lowest BCUT2D eigenvalue weighted by molar-refractivity contribution is 0.0894. The van der Waals surface area contributed by atoms with Gasteiger partial charge in [-0.3, -0.25) is 4.79 Å². The molecule has 1 aromatic heterocycles. The molecule has 4 N–H and O–H groups in total. The van der Waals surface area contributed by atoms with E-state index in [1.54, 1.807) is 24.3 Å². The monoisotopic (exact) mass is 387 g/mol. The predicted octanol–water partition coefficient (Wildman–Crippen LogP) is 0.166. The molecule has 10 nitrogen and oxygen atoms in total. The van der Waals surface area contributed by atoms with E-state index in [0.29, 0.717) is 48.3 Å². The smallest absolute Gasteiger partial charge is 0.251 e. The number of aromatic nitrogens is 2. The predicted molar refractivity (Wildman–Crippen MR) is 99.7 cm³/mol. The fourth-order valence-electron chi connectivity index (χ4n) is 3.37. The average Bonchev–Trinajstić information content (AvgIpc) is 3.14. The standard InChI is InChI=1S/C18H21N5O5/c1-26-16-6-15(21-18(19)22-16)23-7-11(5-12(24)8-23)20-17(25)10-2-3-13-14(4-10)28-9-27-13/h2-4,6,11-12,24H,5,7-9H2,1H3,(H,20,25)(H2,19,21,22)/t11-,12+/m0/s1. The first kappa shape index (κ1) is 18.1. The molecule has 28 heavy (non-hydrogen) atoms. The van der Waals surface area contributed by atoms with Gasteiger partial charge in [-0.25, -0.2) is 0 Å². The van der Waals surface area contributed by atoms with E-state index < -0.39 is 6.10 Å². The quantitative estimate of drug-likeness (QED) is 0.671. The molecule has 0 saturated carbocycles. The number of aliphatic hydroxyl groups is 1. The molecule has 148 valence electrons. The number of fused-ring (bicyclic) bond motifs is 1. The minimum absolute atomic E-state index is 0.0790. The van der Waals surface area contributed by atoms with Crippen molar-refractivity contribution < 1.29 is 24.1 Å². The number of β-amino-alcohol motifs (C(OH)–C–C–N with tert-alkyl or cyclic N) is 1. The molecule has 1 aromatic carbocycles. The molecule has 2 aliphatic rings. The number of methoxy groups -OCH3 is 1. The molecule has 0 aliphatic carbocycles. The van der Waals surface area contributed by atoms with Gasteiger partial charge in [0, 0.05) is 30.8 Å². The Morgan fingerprint density at radius 3 is 2.93 bits per heavy atom. The fraction of sp³-hybridized carbons (Fsp3) is 0.389. The van der Waals surface area contributed by atoms with Crippen LogP contribution in [0.1, 0.15) is 16.8 Å². The van der Waals surface area contributed by atoms with Crippen molar-refractivity contribution >= 4 is 17.7 Å². The molecule has 2 aromatic rings. The zero-order valence-corrected chi connectivity index (χ0v) is 15.3. The van der Waals surface area contributed by atoms with Crippen LogP contribution in [-0.2, 0) is 0 Å². The number of ether oxygens (including phenoxy) is 3. The Balaban J connectivity index is 1.47. The van der Waals surface area contributed by atoms with Crippen LogP contribution in [0.5, 0.6) is 17.4 Å². The third-order valence-electron chi connectivity index (χ3n) is 4.64. The first-order valence-electron chi connectivity index (χ1n) is 8.84. The Kier molecular flexibility index (Phi) is 4.78. The zero-order chi connectivity index (χ0) is 19.7. The zero-order valence-electron chi connectivity index (χ0n) is 15.3. The number of nitrogens with two attached hydrogens (primary N) is 1. The number of hydrogen-bond acceptors (Lipinski definition) is 9. The van der Waals surface area contributed by atoms with Crippen molar-refractivity contribution in [2.24, 2.45) is 0 Å². The number of aliphatic hydroxyl groups excluding tert-OH is 1. The first-order valence-corrected chi connectivity index (χ1v) is 8.84. The van der Waals surface area contributed by atoms with Crippen molar-refractivity contribution in [1.82, 2.24) is 15.3 Å². The number of benzene rings is 1. The number of hydrogen-bond donors (Lipinski definition) is 3. The van der Waals surface area contributed by atoms with Gasteiger partial charge in [0.25, 0.3) is 5.91 Å². The van der Waals surface area contributed by atoms with E-state index in [9.17, 15) is 9.90 Å². The molecule has 0 unspecified atom stereocenters. The molecular formula is C18H21N5O5. The van der Waals surface area contributed by atoms with Crippen molar-refractivity contribution in [1.29, 1.82) is 0 Å². The molecule has 4 rings (SSSR count). The highest BCUT2D eigenvalue weighted by Crippen LogP contribution is 2.32. The minimum Gasteiger partial charge on any atom is -0.481 e. The number of nitrogens with one attached hydrogen (secondary N) is 1. The van der Waals surface area contributed by atoms with Gasteiger partial charge in [-0.05, 0) is 24.6 Å². The van der Waals surface area contributed by atoms with Crippen LogP contribution in [0.2, 0.25) is 0 Å². The first-order chi connectivity index (χ1) is 13.5. The Hall–Kier alpha value is -3.27. The van der Waals surface area contributed by atoms with Gasteiger partial charge in [0.05, 0.1) is 13.2 Å². The largest absolute Gasteiger partial charge is 0.481 e. The SMILES string of the molecule is COc1cc(N2C[C@H](O)C[C@H](NC(=O)c3ccc4c(c3)OCO4)C2)nc(N)n1. The highest BCUT2D eigenvalue weighted by atomic mass is 16.7. The van der Waals surface area contributed by atoms with Crippen molar-refractivity contribution in [2.75, 3.05) is 37.6 Å². The van der Waals surface area contributed by atoms with Gasteiger partial charge in [-0.2, -0.15) is 9.97 Å². The molecule has 3 heterocycles. The van der Waals surface area contributed by atoms with Crippen LogP contribution in [0.4, 0.5) is 11.8 Å². The number of carbonyl (C=O) groups is 1. The van der Waals surface area contributed by atoms with Crippen LogP contribution >= 0.6 is 0 Å². The third kappa shape index (κ3) is 3.72. The summed E-state index contributed by atoms with van der Waals surface area (Å²) in [7, 11) is 1.49. The fourth-order valence-corrected chi connectivity index (χ4v) is 3.37. The molecule has 1 amide bonds. The van der Waals surface area contributed by atoms with Crippen LogP contribution in [-0.4, -0.2) is 60.1 Å². The lowest BCUT2D eigenvalue weighted by Gasteiger charge is -2.36. The highest BCUT2D eigenvalue weighted by molar-refractivity contribution is 5.95. The maximum absolute atomic E-state index is 12.6. The second-order valence-corrected chi connectivity index (χ2v) is 6.66. The molecule has 10 heteroatoms. The number of rotatable bonds is 4. The number of amides is 1. The van der Waals surface area contributed by atoms with E-state index in [1.165, 1.54) is 7.11 Å². The van der Waals surface area contributed by atoms with Gasteiger partial charge in [0.2, 0.25) is 18.6 Å². The van der Waals surface area contributed by atoms with E-state index in [-0.39, 0.29) is 24.7 Å². The summed E-state index contributed by atoms with van der Waals surface area (Å²) >= 11 is 0. The number of nitrogen functional groups attached to an aromatic ring is 1. The molecule has 1 saturated heterocycles. The van der Waals surface area contributed by atoms with Crippen molar-refractivity contribution in [2.45, 2.75) is 18.6 Å². The van der Waals surface area contributed by atoms with Gasteiger partial charge < -0.3 is 35.3 Å². The summed E-state index contributed by atoms with van der Waals surface area (Å²) in [5, 5.41) is 13.2. The third-order valence-corrected chi connectivity index (χ3v) is 4.64. The van der Waals surface area contributed by atoms with Crippen LogP contribution in [0.3, 0.4) is 0 Å². The maximum atomic E-state index is 12.6. The molecule has 2 aliphatic heterocycles. The van der Waals surface area contributed by atoms with Crippen LogP contribution in [0, 0.1) is 0 Å². The van der Waals surface area contributed by atoms with E-state index in [2.05, 4.69) is 15.3 Å². The summed E-state index contributed by atoms with van der Waals surface area (Å²) in [6.45, 7) is 0.985. The summed E-state index contributed by atoms with van der Waals surface area (Å²) < 4.78 is 15.7. The Morgan fingerprint density at radius 2 is 2.11 bits per heavy atom. The number of nitrogens with zero attached hydrogens (tertiary/aromatic N) is 3. The topological polar surface area (TPSA) is 132 Å². The van der Waals surface area contributed by atoms with Gasteiger partial charge in [0.15, 0.2) is 11.5 Å². The molecule has 1 fully saturated rings. The summed E-state index contributed by atoms with van der Waals surface area (Å²) in [4.78, 5) is 22.7. The van der Waals surface area contributed by atoms with Crippen molar-refractivity contribution in [3.8, 4) is 17.4 Å². The number of piperidine rings is 1. The summed E-state index contributed by atoms with van der Waals surface area (Å²) in [6.07, 6.45) is -0.192. The summed E-state index contributed by atoms with van der Waals surface area (Å²) in [5.41, 5.74) is 6.19. The minimum atomic E-state index is -0.627. The van der Waals surface area contributed by atoms with Crippen molar-refractivity contribution in [3.05, 3.63) is 29.8 Å². The molecule has 0 radical (unpaired) electrons. The lowest BCUT2D eigenvalue weighted by Crippen LogP contribution is -2.53. The molecule has 0 spiro atoms. The second-order valence-electron chi connectivity index (χ2n) is 6.66. The van der Waals surface area contributed by atoms with E-state index in [0.717, 1.165) is 0 Å². The van der Waals surface area contributed by atoms with E-state index >= 15 is 0 Å². The summed E-state index contributed by atoms with van der Waals surface area (Å²) in [6, 6.07) is 6.39. The van der Waals surface area contributed by atoms with Crippen molar-refractivity contribution in [3.63, 3.8) is 0 Å². The van der Waals surface area contributed by atoms with Gasteiger partial charge in [-0.15, -0.1) is 0 Å². The molecule has 0 bridgehead atoms. The Bertz CT molecular complexity index is 893. The van der Waals surface area contributed by atoms with Gasteiger partial charge >= 0.3 is 0 Å². The maximum Gasteiger partial charge on any atom is 0.251 e.